The molecule has 2 aromatic rings. The molecule has 1 aliphatic carbocycles. The highest BCUT2D eigenvalue weighted by Gasteiger charge is 2.40. The third kappa shape index (κ3) is 3.87. The van der Waals surface area contributed by atoms with E-state index in [1.807, 2.05) is 17.9 Å². The first-order valence-electron chi connectivity index (χ1n) is 12.4. The number of aromatic nitrogens is 1. The Morgan fingerprint density at radius 1 is 1.24 bits per heavy atom. The van der Waals surface area contributed by atoms with Gasteiger partial charge in [0, 0.05) is 36.5 Å². The van der Waals surface area contributed by atoms with Gasteiger partial charge in [-0.1, -0.05) is 6.07 Å². The van der Waals surface area contributed by atoms with Gasteiger partial charge in [0.1, 0.15) is 5.82 Å². The number of carbonyl (C=O) groups is 1. The zero-order chi connectivity index (χ0) is 22.4. The van der Waals surface area contributed by atoms with Gasteiger partial charge < -0.3 is 24.6 Å². The van der Waals surface area contributed by atoms with Crippen LogP contribution in [0.3, 0.4) is 0 Å². The molecule has 174 valence electrons. The summed E-state index contributed by atoms with van der Waals surface area (Å²) in [6, 6.07) is 10.9. The number of rotatable bonds is 4. The molecule has 33 heavy (non-hydrogen) atoms. The minimum Gasteiger partial charge on any atom is -0.379 e. The number of nitrogens with one attached hydrogen (secondary N) is 1. The van der Waals surface area contributed by atoms with Crippen LogP contribution in [-0.2, 0) is 20.8 Å². The molecular weight excluding hydrogens is 416 g/mol. The van der Waals surface area contributed by atoms with E-state index in [4.69, 9.17) is 9.47 Å². The summed E-state index contributed by atoms with van der Waals surface area (Å²) in [5.74, 6) is 1.08. The quantitative estimate of drug-likeness (QED) is 0.755. The van der Waals surface area contributed by atoms with Crippen LogP contribution in [0, 0.1) is 5.92 Å². The maximum atomic E-state index is 13.9. The predicted octanol–water partition coefficient (Wildman–Crippen LogP) is 4.24. The van der Waals surface area contributed by atoms with Crippen molar-refractivity contribution in [2.24, 2.45) is 5.92 Å². The zero-order valence-electron chi connectivity index (χ0n) is 19.2. The summed E-state index contributed by atoms with van der Waals surface area (Å²) in [5.41, 5.74) is 4.10. The lowest BCUT2D eigenvalue weighted by Gasteiger charge is -2.33. The van der Waals surface area contributed by atoms with Gasteiger partial charge >= 0.3 is 0 Å². The van der Waals surface area contributed by atoms with Crippen molar-refractivity contribution < 1.29 is 14.3 Å². The average molecular weight is 449 g/mol. The van der Waals surface area contributed by atoms with Crippen LogP contribution in [0.25, 0.3) is 0 Å². The van der Waals surface area contributed by atoms with Crippen LogP contribution in [0.2, 0.25) is 0 Å². The number of carbonyl (C=O) groups excluding carboxylic acids is 1. The van der Waals surface area contributed by atoms with Gasteiger partial charge in [0.05, 0.1) is 42.8 Å². The van der Waals surface area contributed by atoms with Crippen LogP contribution < -0.4 is 15.1 Å². The van der Waals surface area contributed by atoms with Gasteiger partial charge in [-0.3, -0.25) is 4.79 Å². The number of morpholine rings is 1. The molecule has 1 saturated carbocycles. The van der Waals surface area contributed by atoms with Crippen molar-refractivity contribution >= 4 is 28.8 Å². The summed E-state index contributed by atoms with van der Waals surface area (Å²) in [5, 5.41) is 3.50. The fraction of sp³-hybridized carbons (Fsp3) is 0.538. The van der Waals surface area contributed by atoms with E-state index in [0.29, 0.717) is 24.8 Å². The molecule has 6 rings (SSSR count). The van der Waals surface area contributed by atoms with E-state index in [1.54, 1.807) is 6.20 Å². The summed E-state index contributed by atoms with van der Waals surface area (Å²) >= 11 is 0. The summed E-state index contributed by atoms with van der Waals surface area (Å²) in [6.07, 6.45) is 7.20. The smallest absolute Gasteiger partial charge is 0.230 e. The van der Waals surface area contributed by atoms with E-state index in [2.05, 4.69) is 39.5 Å². The number of ether oxygens (including phenoxy) is 2. The molecule has 3 fully saturated rings. The number of pyridine rings is 1. The van der Waals surface area contributed by atoms with E-state index < -0.39 is 0 Å². The number of amides is 1. The standard InChI is InChI=1S/C26H32N4O3/c1-2-32-21-8-5-17(6-9-21)26(31)30-14-18-4-3-11-27-25(18)28-23-10-7-19(13-24(23)30)29-15-22-12-20(29)16-33-22/h3-4,7,10-11,13,17,20-22H,2,5-6,8-9,12,14-16H2,1H3,(H,27,28)/t17-,20-,21+,22-/m0/s1. The Morgan fingerprint density at radius 3 is 2.88 bits per heavy atom. The summed E-state index contributed by atoms with van der Waals surface area (Å²) < 4.78 is 11.6. The molecule has 4 heterocycles. The van der Waals surface area contributed by atoms with E-state index in [9.17, 15) is 4.79 Å². The lowest BCUT2D eigenvalue weighted by atomic mass is 9.86. The van der Waals surface area contributed by atoms with Gasteiger partial charge in [0.25, 0.3) is 0 Å². The number of benzene rings is 1. The number of nitrogens with zero attached hydrogens (tertiary/aromatic N) is 3. The second kappa shape index (κ2) is 8.61. The summed E-state index contributed by atoms with van der Waals surface area (Å²) in [7, 11) is 0. The molecule has 0 radical (unpaired) electrons. The van der Waals surface area contributed by atoms with Crippen molar-refractivity contribution in [2.45, 2.75) is 63.8 Å². The number of fused-ring (bicyclic) bond motifs is 4. The maximum absolute atomic E-state index is 13.9. The van der Waals surface area contributed by atoms with E-state index in [1.165, 1.54) is 5.69 Å². The third-order valence-electron chi connectivity index (χ3n) is 7.67. The molecule has 1 aromatic carbocycles. The van der Waals surface area contributed by atoms with E-state index in [0.717, 1.165) is 74.6 Å². The van der Waals surface area contributed by atoms with Crippen LogP contribution >= 0.6 is 0 Å². The molecule has 3 aliphatic heterocycles. The minimum absolute atomic E-state index is 0.0348. The molecule has 7 nitrogen and oxygen atoms in total. The predicted molar refractivity (Wildman–Crippen MR) is 128 cm³/mol. The number of hydrogen-bond donors (Lipinski definition) is 1. The highest BCUT2D eigenvalue weighted by Crippen LogP contribution is 2.41. The second-order valence-corrected chi connectivity index (χ2v) is 9.69. The summed E-state index contributed by atoms with van der Waals surface area (Å²) in [4.78, 5) is 22.9. The Balaban J connectivity index is 1.32. The van der Waals surface area contributed by atoms with Crippen molar-refractivity contribution in [3.63, 3.8) is 0 Å². The zero-order valence-corrected chi connectivity index (χ0v) is 19.2. The number of anilines is 4. The van der Waals surface area contributed by atoms with E-state index >= 15 is 0 Å². The SMILES string of the molecule is CCO[C@H]1CC[C@@H](C(=O)N2Cc3cccnc3Nc3ccc(N4C[C@@H]5C[C@H]4CO5)cc32)CC1. The summed E-state index contributed by atoms with van der Waals surface area (Å²) in [6.45, 7) is 5.03. The molecule has 0 unspecified atom stereocenters. The van der Waals surface area contributed by atoms with Crippen molar-refractivity contribution in [2.75, 3.05) is 34.9 Å². The largest absolute Gasteiger partial charge is 0.379 e. The van der Waals surface area contributed by atoms with Crippen LogP contribution in [0.15, 0.2) is 36.5 Å². The molecule has 7 heteroatoms. The van der Waals surface area contributed by atoms with Crippen LogP contribution in [0.4, 0.5) is 22.9 Å². The van der Waals surface area contributed by atoms with Crippen molar-refractivity contribution in [3.8, 4) is 0 Å². The molecule has 1 amide bonds. The van der Waals surface area contributed by atoms with E-state index in [-0.39, 0.29) is 11.8 Å². The molecule has 1 N–H and O–H groups in total. The molecule has 4 aliphatic rings. The fourth-order valence-corrected chi connectivity index (χ4v) is 5.93. The van der Waals surface area contributed by atoms with Crippen molar-refractivity contribution in [3.05, 3.63) is 42.1 Å². The van der Waals surface area contributed by atoms with Crippen LogP contribution in [-0.4, -0.2) is 48.9 Å². The first-order chi connectivity index (χ1) is 16.2. The Kier molecular flexibility index (Phi) is 5.46. The average Bonchev–Trinajstić information content (AvgIpc) is 3.44. The van der Waals surface area contributed by atoms with Crippen LogP contribution in [0.5, 0.6) is 0 Å². The first-order valence-corrected chi connectivity index (χ1v) is 12.4. The highest BCUT2D eigenvalue weighted by atomic mass is 16.5. The second-order valence-electron chi connectivity index (χ2n) is 9.69. The van der Waals surface area contributed by atoms with Crippen molar-refractivity contribution in [1.82, 2.24) is 4.98 Å². The van der Waals surface area contributed by atoms with Gasteiger partial charge in [-0.25, -0.2) is 4.98 Å². The molecular formula is C26H32N4O3. The molecule has 2 bridgehead atoms. The maximum Gasteiger partial charge on any atom is 0.230 e. The lowest BCUT2D eigenvalue weighted by Crippen LogP contribution is -2.39. The monoisotopic (exact) mass is 448 g/mol. The molecule has 0 spiro atoms. The van der Waals surface area contributed by atoms with Gasteiger partial charge in [-0.05, 0) is 63.3 Å². The molecule has 1 aromatic heterocycles. The Hall–Kier alpha value is -2.64. The van der Waals surface area contributed by atoms with Gasteiger partial charge in [-0.2, -0.15) is 0 Å². The molecule has 2 saturated heterocycles. The fourth-order valence-electron chi connectivity index (χ4n) is 5.93. The Labute approximate surface area is 195 Å². The first kappa shape index (κ1) is 20.9. The van der Waals surface area contributed by atoms with Crippen LogP contribution in [0.1, 0.15) is 44.6 Å². The molecule has 2 atom stereocenters. The highest BCUT2D eigenvalue weighted by molar-refractivity contribution is 6.00. The lowest BCUT2D eigenvalue weighted by molar-refractivity contribution is -0.124. The Morgan fingerprint density at radius 2 is 2.12 bits per heavy atom. The van der Waals surface area contributed by atoms with Gasteiger partial charge in [0.2, 0.25) is 5.91 Å². The van der Waals surface area contributed by atoms with Gasteiger partial charge in [-0.15, -0.1) is 0 Å². The Bertz CT molecular complexity index is 1040. The third-order valence-corrected chi connectivity index (χ3v) is 7.67. The minimum atomic E-state index is 0.0348. The van der Waals surface area contributed by atoms with Crippen molar-refractivity contribution in [1.29, 1.82) is 0 Å². The van der Waals surface area contributed by atoms with Gasteiger partial charge in [0.15, 0.2) is 0 Å². The topological polar surface area (TPSA) is 66.9 Å². The normalized spacial score (nSPS) is 28.2. The number of hydrogen-bond acceptors (Lipinski definition) is 6.